The van der Waals surface area contributed by atoms with Crippen molar-refractivity contribution in [1.82, 2.24) is 9.88 Å². The molecule has 1 fully saturated rings. The minimum Gasteiger partial charge on any atom is -0.354 e. The molecule has 2 aromatic rings. The molecule has 1 aromatic carbocycles. The Kier molecular flexibility index (Phi) is 4.17. The third-order valence-electron chi connectivity index (χ3n) is 5.25. The molecule has 2 aliphatic rings. The molecular weight excluding hydrogens is 312 g/mol. The zero-order valence-corrected chi connectivity index (χ0v) is 14.9. The second kappa shape index (κ2) is 6.48. The molecule has 0 aliphatic carbocycles. The zero-order valence-electron chi connectivity index (χ0n) is 14.9. The maximum atomic E-state index is 13.2. The first kappa shape index (κ1) is 16.1. The minimum absolute atomic E-state index is 0.0650. The number of nitrogens with zero attached hydrogens (tertiary/aromatic N) is 4. The molecule has 25 heavy (non-hydrogen) atoms. The van der Waals surface area contributed by atoms with Crippen LogP contribution in [0.15, 0.2) is 42.6 Å². The summed E-state index contributed by atoms with van der Waals surface area (Å²) >= 11 is 0. The van der Waals surface area contributed by atoms with E-state index in [1.165, 1.54) is 5.56 Å². The Labute approximate surface area is 148 Å². The second-order valence-corrected chi connectivity index (χ2v) is 7.05. The Morgan fingerprint density at radius 2 is 1.88 bits per heavy atom. The van der Waals surface area contributed by atoms with Crippen molar-refractivity contribution in [3.05, 3.63) is 53.7 Å². The number of anilines is 2. The van der Waals surface area contributed by atoms with E-state index in [-0.39, 0.29) is 11.9 Å². The summed E-state index contributed by atoms with van der Waals surface area (Å²) in [5, 5.41) is 0. The van der Waals surface area contributed by atoms with Crippen LogP contribution in [0.4, 0.5) is 11.5 Å². The Morgan fingerprint density at radius 3 is 2.68 bits per heavy atom. The maximum absolute atomic E-state index is 13.2. The lowest BCUT2D eigenvalue weighted by atomic mass is 10.1. The normalized spacial score (nSPS) is 20.6. The zero-order chi connectivity index (χ0) is 17.4. The number of benzene rings is 1. The van der Waals surface area contributed by atoms with Crippen molar-refractivity contribution in [2.24, 2.45) is 0 Å². The number of carbonyl (C=O) groups excluding carboxylic acids is 1. The first-order chi connectivity index (χ1) is 12.1. The molecule has 1 aromatic heterocycles. The van der Waals surface area contributed by atoms with Crippen molar-refractivity contribution in [2.45, 2.75) is 19.4 Å². The molecule has 4 rings (SSSR count). The fraction of sp³-hybridized carbons (Fsp3) is 0.400. The Hall–Kier alpha value is -2.40. The number of hydrogen-bond donors (Lipinski definition) is 0. The Bertz CT molecular complexity index is 783. The topological polar surface area (TPSA) is 39.7 Å². The molecule has 5 nitrogen and oxygen atoms in total. The van der Waals surface area contributed by atoms with E-state index in [1.54, 1.807) is 6.20 Å². The van der Waals surface area contributed by atoms with Crippen LogP contribution in [0.5, 0.6) is 0 Å². The predicted octanol–water partition coefficient (Wildman–Crippen LogP) is 2.42. The third-order valence-corrected chi connectivity index (χ3v) is 5.25. The van der Waals surface area contributed by atoms with Gasteiger partial charge in [0.05, 0.1) is 0 Å². The first-order valence-electron chi connectivity index (χ1n) is 8.94. The number of para-hydroxylation sites is 1. The molecular formula is C20H24N4O. The fourth-order valence-electron chi connectivity index (χ4n) is 3.77. The molecule has 0 N–H and O–H groups in total. The monoisotopic (exact) mass is 336 g/mol. The number of fused-ring (bicyclic) bond motifs is 1. The van der Waals surface area contributed by atoms with Gasteiger partial charge in [-0.25, -0.2) is 4.98 Å². The fourth-order valence-corrected chi connectivity index (χ4v) is 3.77. The van der Waals surface area contributed by atoms with E-state index in [2.05, 4.69) is 34.8 Å². The molecule has 0 radical (unpaired) electrons. The lowest BCUT2D eigenvalue weighted by molar-refractivity contribution is 0.0981. The van der Waals surface area contributed by atoms with Crippen molar-refractivity contribution in [2.75, 3.05) is 43.0 Å². The standard InChI is InChI=1S/C20H24N4O/c1-15-13-16-5-3-4-6-18(16)24(15)20(25)17-7-8-21-19(14-17)23-11-9-22(2)10-12-23/h3-8,14-15H,9-13H2,1-2H3. The first-order valence-corrected chi connectivity index (χ1v) is 8.94. The molecule has 0 spiro atoms. The molecule has 1 atom stereocenters. The summed E-state index contributed by atoms with van der Waals surface area (Å²) < 4.78 is 0. The van der Waals surface area contributed by atoms with Crippen LogP contribution in [0, 0.1) is 0 Å². The van der Waals surface area contributed by atoms with Gasteiger partial charge in [0.1, 0.15) is 5.82 Å². The van der Waals surface area contributed by atoms with E-state index in [4.69, 9.17) is 0 Å². The minimum atomic E-state index is 0.0650. The van der Waals surface area contributed by atoms with Gasteiger partial charge in [-0.05, 0) is 44.2 Å². The van der Waals surface area contributed by atoms with Gasteiger partial charge in [0.25, 0.3) is 5.91 Å². The van der Waals surface area contributed by atoms with E-state index in [0.717, 1.165) is 44.1 Å². The smallest absolute Gasteiger partial charge is 0.258 e. The van der Waals surface area contributed by atoms with E-state index in [0.29, 0.717) is 5.56 Å². The number of likely N-dealkylation sites (N-methyl/N-ethyl adjacent to an activating group) is 1. The summed E-state index contributed by atoms with van der Waals surface area (Å²) in [6.45, 7) is 6.06. The number of pyridine rings is 1. The number of carbonyl (C=O) groups is 1. The predicted molar refractivity (Wildman–Crippen MR) is 100 cm³/mol. The molecule has 1 unspecified atom stereocenters. The van der Waals surface area contributed by atoms with Gasteiger partial charge < -0.3 is 14.7 Å². The highest BCUT2D eigenvalue weighted by Gasteiger charge is 2.31. The van der Waals surface area contributed by atoms with Gasteiger partial charge in [-0.15, -0.1) is 0 Å². The van der Waals surface area contributed by atoms with Crippen LogP contribution >= 0.6 is 0 Å². The van der Waals surface area contributed by atoms with Crippen molar-refractivity contribution >= 4 is 17.4 Å². The van der Waals surface area contributed by atoms with Crippen molar-refractivity contribution in [3.63, 3.8) is 0 Å². The average Bonchev–Trinajstić information content (AvgIpc) is 2.97. The molecule has 1 saturated heterocycles. The second-order valence-electron chi connectivity index (χ2n) is 7.05. The molecule has 130 valence electrons. The van der Waals surface area contributed by atoms with Crippen molar-refractivity contribution < 1.29 is 4.79 Å². The summed E-state index contributed by atoms with van der Waals surface area (Å²) in [4.78, 5) is 24.2. The van der Waals surface area contributed by atoms with Crippen LogP contribution < -0.4 is 9.80 Å². The molecule has 5 heteroatoms. The highest BCUT2D eigenvalue weighted by Crippen LogP contribution is 2.33. The number of piperazine rings is 1. The number of aromatic nitrogens is 1. The van der Waals surface area contributed by atoms with Gasteiger partial charge in [-0.2, -0.15) is 0 Å². The van der Waals surface area contributed by atoms with Gasteiger partial charge >= 0.3 is 0 Å². The largest absolute Gasteiger partial charge is 0.354 e. The van der Waals surface area contributed by atoms with Crippen LogP contribution in [-0.4, -0.2) is 55.1 Å². The van der Waals surface area contributed by atoms with Crippen LogP contribution in [0.2, 0.25) is 0 Å². The van der Waals surface area contributed by atoms with Gasteiger partial charge in [0.2, 0.25) is 0 Å². The third kappa shape index (κ3) is 3.00. The van der Waals surface area contributed by atoms with Gasteiger partial charge in [0, 0.05) is 49.7 Å². The van der Waals surface area contributed by atoms with Gasteiger partial charge in [-0.3, -0.25) is 4.79 Å². The van der Waals surface area contributed by atoms with Gasteiger partial charge in [0.15, 0.2) is 0 Å². The highest BCUT2D eigenvalue weighted by molar-refractivity contribution is 6.08. The lowest BCUT2D eigenvalue weighted by Crippen LogP contribution is -2.45. The van der Waals surface area contributed by atoms with Crippen LogP contribution in [0.1, 0.15) is 22.8 Å². The SMILES string of the molecule is CC1Cc2ccccc2N1C(=O)c1ccnc(N2CCN(C)CC2)c1. The van der Waals surface area contributed by atoms with Crippen LogP contribution in [-0.2, 0) is 6.42 Å². The summed E-state index contributed by atoms with van der Waals surface area (Å²) in [7, 11) is 2.14. The van der Waals surface area contributed by atoms with Gasteiger partial charge in [-0.1, -0.05) is 18.2 Å². The molecule has 0 bridgehead atoms. The van der Waals surface area contributed by atoms with E-state index in [9.17, 15) is 4.79 Å². The summed E-state index contributed by atoms with van der Waals surface area (Å²) in [5.74, 6) is 0.967. The van der Waals surface area contributed by atoms with E-state index < -0.39 is 0 Å². The van der Waals surface area contributed by atoms with Crippen LogP contribution in [0.3, 0.4) is 0 Å². The quantitative estimate of drug-likeness (QED) is 0.844. The molecule has 3 heterocycles. The lowest BCUT2D eigenvalue weighted by Gasteiger charge is -2.33. The molecule has 0 saturated carbocycles. The Morgan fingerprint density at radius 1 is 1.12 bits per heavy atom. The maximum Gasteiger partial charge on any atom is 0.258 e. The average molecular weight is 336 g/mol. The Balaban J connectivity index is 1.60. The number of hydrogen-bond acceptors (Lipinski definition) is 4. The summed E-state index contributed by atoms with van der Waals surface area (Å²) in [6.07, 6.45) is 2.67. The van der Waals surface area contributed by atoms with Crippen LogP contribution in [0.25, 0.3) is 0 Å². The summed E-state index contributed by atoms with van der Waals surface area (Å²) in [6, 6.07) is 12.2. The summed E-state index contributed by atoms with van der Waals surface area (Å²) in [5.41, 5.74) is 3.00. The van der Waals surface area contributed by atoms with E-state index >= 15 is 0 Å². The highest BCUT2D eigenvalue weighted by atomic mass is 16.2. The van der Waals surface area contributed by atoms with E-state index in [1.807, 2.05) is 35.2 Å². The number of rotatable bonds is 2. The van der Waals surface area contributed by atoms with Crippen molar-refractivity contribution in [1.29, 1.82) is 0 Å². The van der Waals surface area contributed by atoms with Crippen molar-refractivity contribution in [3.8, 4) is 0 Å². The number of amides is 1. The molecule has 1 amide bonds. The molecule has 2 aliphatic heterocycles.